The second kappa shape index (κ2) is 12.0. The van der Waals surface area contributed by atoms with Gasteiger partial charge in [-0.3, -0.25) is 4.79 Å². The zero-order chi connectivity index (χ0) is 23.5. The van der Waals surface area contributed by atoms with Crippen molar-refractivity contribution in [1.29, 1.82) is 5.26 Å². The highest BCUT2D eigenvalue weighted by Crippen LogP contribution is 2.26. The van der Waals surface area contributed by atoms with E-state index in [0.29, 0.717) is 29.5 Å². The number of ether oxygens (including phenoxy) is 1. The van der Waals surface area contributed by atoms with Gasteiger partial charge in [0.2, 0.25) is 5.91 Å². The molecule has 0 atom stereocenters. The van der Waals surface area contributed by atoms with Gasteiger partial charge in [-0.1, -0.05) is 38.0 Å². The van der Waals surface area contributed by atoms with E-state index in [1.165, 1.54) is 12.3 Å². The molecule has 2 heterocycles. The van der Waals surface area contributed by atoms with E-state index in [0.717, 1.165) is 36.1 Å². The molecule has 7 nitrogen and oxygen atoms in total. The van der Waals surface area contributed by atoms with E-state index in [4.69, 9.17) is 10.00 Å². The first-order valence-corrected chi connectivity index (χ1v) is 10.9. The van der Waals surface area contributed by atoms with Crippen LogP contribution in [0.5, 0.6) is 5.75 Å². The summed E-state index contributed by atoms with van der Waals surface area (Å²) in [6, 6.07) is 14.7. The molecule has 0 saturated carbocycles. The summed E-state index contributed by atoms with van der Waals surface area (Å²) in [6.45, 7) is 4.81. The van der Waals surface area contributed by atoms with E-state index >= 15 is 0 Å². The fourth-order valence-corrected chi connectivity index (χ4v) is 3.13. The molecule has 0 saturated heterocycles. The molecule has 168 valence electrons. The highest BCUT2D eigenvalue weighted by Gasteiger charge is 2.09. The van der Waals surface area contributed by atoms with Gasteiger partial charge in [-0.15, -0.1) is 0 Å². The molecule has 7 heteroatoms. The number of unbranched alkanes of at least 4 members (excludes halogenated alkanes) is 2. The Bertz CT molecular complexity index is 1150. The number of hydrogen-bond acceptors (Lipinski definition) is 6. The maximum absolute atomic E-state index is 12.6. The van der Waals surface area contributed by atoms with Gasteiger partial charge < -0.3 is 15.4 Å². The molecule has 3 aromatic rings. The highest BCUT2D eigenvalue weighted by atomic mass is 16.5. The van der Waals surface area contributed by atoms with Crippen LogP contribution in [0.15, 0.2) is 60.9 Å². The summed E-state index contributed by atoms with van der Waals surface area (Å²) in [5, 5.41) is 14.8. The zero-order valence-corrected chi connectivity index (χ0v) is 18.8. The van der Waals surface area contributed by atoms with Crippen LogP contribution in [-0.4, -0.2) is 22.5 Å². The lowest BCUT2D eigenvalue weighted by atomic mass is 10.1. The van der Waals surface area contributed by atoms with Crippen molar-refractivity contribution in [3.05, 3.63) is 77.6 Å². The summed E-state index contributed by atoms with van der Waals surface area (Å²) in [5.74, 6) is 1.47. The van der Waals surface area contributed by atoms with E-state index in [9.17, 15) is 4.79 Å². The minimum atomic E-state index is -0.294. The number of nitrogens with zero attached hydrogens (tertiary/aromatic N) is 3. The third kappa shape index (κ3) is 6.91. The predicted octanol–water partition coefficient (Wildman–Crippen LogP) is 5.62. The quantitative estimate of drug-likeness (QED) is 0.313. The number of rotatable bonds is 10. The van der Waals surface area contributed by atoms with Crippen LogP contribution >= 0.6 is 0 Å². The van der Waals surface area contributed by atoms with Gasteiger partial charge in [-0.2, -0.15) is 5.26 Å². The standard InChI is InChI=1S/C26H27N5O2/c1-3-4-5-16-33-25-19(2)8-6-9-21(25)12-14-24(32)30-22-10-7-15-28-26(22)31-23-13-11-20(17-27)18-29-23/h6-15,18H,3-5,16H2,1-2H3,(H,30,32)(H,28,29,31). The number of anilines is 3. The summed E-state index contributed by atoms with van der Waals surface area (Å²) >= 11 is 0. The molecule has 2 aromatic heterocycles. The Morgan fingerprint density at radius 1 is 1.15 bits per heavy atom. The summed E-state index contributed by atoms with van der Waals surface area (Å²) in [7, 11) is 0. The Hall–Kier alpha value is -4.18. The summed E-state index contributed by atoms with van der Waals surface area (Å²) in [4.78, 5) is 21.1. The molecule has 2 N–H and O–H groups in total. The van der Waals surface area contributed by atoms with Crippen molar-refractivity contribution in [3.63, 3.8) is 0 Å². The van der Waals surface area contributed by atoms with Crippen LogP contribution in [0.4, 0.5) is 17.3 Å². The number of pyridine rings is 2. The molecule has 0 fully saturated rings. The third-order valence-corrected chi connectivity index (χ3v) is 4.86. The van der Waals surface area contributed by atoms with E-state index in [-0.39, 0.29) is 5.91 Å². The molecule has 1 amide bonds. The molecule has 0 aliphatic carbocycles. The number of benzene rings is 1. The monoisotopic (exact) mass is 441 g/mol. The van der Waals surface area contributed by atoms with E-state index < -0.39 is 0 Å². The van der Waals surface area contributed by atoms with Gasteiger partial charge in [0.05, 0.1) is 17.9 Å². The molecular formula is C26H27N5O2. The van der Waals surface area contributed by atoms with Crippen LogP contribution < -0.4 is 15.4 Å². The Kier molecular flexibility index (Phi) is 8.55. The largest absolute Gasteiger partial charge is 0.493 e. The number of nitriles is 1. The van der Waals surface area contributed by atoms with Crippen LogP contribution in [0.3, 0.4) is 0 Å². The molecule has 3 rings (SSSR count). The summed E-state index contributed by atoms with van der Waals surface area (Å²) in [5.41, 5.74) is 2.86. The lowest BCUT2D eigenvalue weighted by Crippen LogP contribution is -2.10. The fourth-order valence-electron chi connectivity index (χ4n) is 3.13. The second-order valence-electron chi connectivity index (χ2n) is 7.44. The molecule has 0 spiro atoms. The van der Waals surface area contributed by atoms with Gasteiger partial charge >= 0.3 is 0 Å². The number of carbonyl (C=O) groups excluding carboxylic acids is 1. The van der Waals surface area contributed by atoms with Gasteiger partial charge in [0.1, 0.15) is 17.6 Å². The SMILES string of the molecule is CCCCCOc1c(C)cccc1C=CC(=O)Nc1cccnc1Nc1ccc(C#N)cn1. The minimum Gasteiger partial charge on any atom is -0.493 e. The summed E-state index contributed by atoms with van der Waals surface area (Å²) in [6.07, 6.45) is 9.57. The maximum Gasteiger partial charge on any atom is 0.248 e. The highest BCUT2D eigenvalue weighted by molar-refractivity contribution is 6.03. The van der Waals surface area contributed by atoms with Gasteiger partial charge in [-0.05, 0) is 49.2 Å². The maximum atomic E-state index is 12.6. The van der Waals surface area contributed by atoms with Crippen molar-refractivity contribution in [3.8, 4) is 11.8 Å². The fraction of sp³-hybridized carbons (Fsp3) is 0.231. The smallest absolute Gasteiger partial charge is 0.248 e. The molecule has 0 unspecified atom stereocenters. The van der Waals surface area contributed by atoms with Gasteiger partial charge in [0, 0.05) is 24.0 Å². The number of amides is 1. The van der Waals surface area contributed by atoms with Crippen molar-refractivity contribution in [2.75, 3.05) is 17.2 Å². The molecule has 0 bridgehead atoms. The van der Waals surface area contributed by atoms with Gasteiger partial charge in [0.25, 0.3) is 0 Å². The van der Waals surface area contributed by atoms with Crippen LogP contribution in [0.25, 0.3) is 6.08 Å². The van der Waals surface area contributed by atoms with Crippen molar-refractivity contribution < 1.29 is 9.53 Å². The van der Waals surface area contributed by atoms with Crippen molar-refractivity contribution in [2.24, 2.45) is 0 Å². The molecule has 33 heavy (non-hydrogen) atoms. The van der Waals surface area contributed by atoms with Crippen molar-refractivity contribution in [2.45, 2.75) is 33.1 Å². The van der Waals surface area contributed by atoms with E-state index in [1.807, 2.05) is 31.2 Å². The number of para-hydroxylation sites is 1. The average molecular weight is 442 g/mol. The predicted molar refractivity (Wildman–Crippen MR) is 130 cm³/mol. The Labute approximate surface area is 194 Å². The van der Waals surface area contributed by atoms with Gasteiger partial charge in [-0.25, -0.2) is 9.97 Å². The minimum absolute atomic E-state index is 0.294. The Balaban J connectivity index is 1.69. The lowest BCUT2D eigenvalue weighted by Gasteiger charge is -2.12. The first kappa shape index (κ1) is 23.5. The number of carbonyl (C=O) groups is 1. The number of nitrogens with one attached hydrogen (secondary N) is 2. The number of aromatic nitrogens is 2. The average Bonchev–Trinajstić information content (AvgIpc) is 2.83. The third-order valence-electron chi connectivity index (χ3n) is 4.86. The molecular weight excluding hydrogens is 414 g/mol. The van der Waals surface area contributed by atoms with E-state index in [1.54, 1.807) is 36.5 Å². The lowest BCUT2D eigenvalue weighted by molar-refractivity contribution is -0.111. The number of aryl methyl sites for hydroxylation is 1. The Morgan fingerprint density at radius 3 is 2.79 bits per heavy atom. The van der Waals surface area contributed by atoms with E-state index in [2.05, 4.69) is 27.5 Å². The molecule has 0 aliphatic rings. The molecule has 1 aromatic carbocycles. The van der Waals surface area contributed by atoms with Crippen molar-refractivity contribution >= 4 is 29.3 Å². The topological polar surface area (TPSA) is 99.9 Å². The Morgan fingerprint density at radius 2 is 2.03 bits per heavy atom. The first-order chi connectivity index (χ1) is 16.1. The van der Waals surface area contributed by atoms with Gasteiger partial charge in [0.15, 0.2) is 5.82 Å². The molecule has 0 aliphatic heterocycles. The van der Waals surface area contributed by atoms with Crippen LogP contribution in [0.2, 0.25) is 0 Å². The van der Waals surface area contributed by atoms with Crippen LogP contribution in [0.1, 0.15) is 42.9 Å². The van der Waals surface area contributed by atoms with Crippen LogP contribution in [-0.2, 0) is 4.79 Å². The van der Waals surface area contributed by atoms with Crippen molar-refractivity contribution in [1.82, 2.24) is 9.97 Å². The molecule has 0 radical (unpaired) electrons. The zero-order valence-electron chi connectivity index (χ0n) is 18.8. The first-order valence-electron chi connectivity index (χ1n) is 10.9. The number of hydrogen-bond donors (Lipinski definition) is 2. The van der Waals surface area contributed by atoms with Crippen LogP contribution in [0, 0.1) is 18.3 Å². The second-order valence-corrected chi connectivity index (χ2v) is 7.44. The normalized spacial score (nSPS) is 10.6. The summed E-state index contributed by atoms with van der Waals surface area (Å²) < 4.78 is 5.99.